The van der Waals surface area contributed by atoms with Gasteiger partial charge in [0.05, 0.1) is 6.61 Å². The maximum atomic E-state index is 12.9. The minimum atomic E-state index is -4.52. The summed E-state index contributed by atoms with van der Waals surface area (Å²) in [6.45, 7) is 1.10. The summed E-state index contributed by atoms with van der Waals surface area (Å²) in [7, 11) is 0. The highest BCUT2D eigenvalue weighted by atomic mass is 19.4. The number of amides is 1. The number of halogens is 5. The minimum Gasteiger partial charge on any atom is -0.477 e. The predicted molar refractivity (Wildman–Crippen MR) is 81.7 cm³/mol. The van der Waals surface area contributed by atoms with Crippen LogP contribution in [0.2, 0.25) is 0 Å². The monoisotopic (exact) mass is 378 g/mol. The molecule has 1 aromatic rings. The van der Waals surface area contributed by atoms with Crippen LogP contribution in [0.3, 0.4) is 0 Å². The molecule has 1 aliphatic carbocycles. The number of ether oxygens (including phenoxy) is 1. The van der Waals surface area contributed by atoms with E-state index in [0.29, 0.717) is 25.9 Å². The standard InChI is InChI=1S/C17H19F5N2O2/c18-16(19)8-12(9-16)15(25)24-6-4-11(5-7-24)10-26-14-3-1-2-13(23-14)17(20,21)22/h1-3,11-12H,4-10H2. The van der Waals surface area contributed by atoms with Crippen LogP contribution in [-0.4, -0.2) is 41.4 Å². The van der Waals surface area contributed by atoms with E-state index in [0.717, 1.165) is 6.07 Å². The summed E-state index contributed by atoms with van der Waals surface area (Å²) in [5, 5.41) is 0. The van der Waals surface area contributed by atoms with Crippen molar-refractivity contribution in [2.24, 2.45) is 11.8 Å². The third-order valence-electron chi connectivity index (χ3n) is 4.85. The molecule has 1 aliphatic heterocycles. The molecule has 4 nitrogen and oxygen atoms in total. The Morgan fingerprint density at radius 1 is 1.23 bits per heavy atom. The molecule has 1 saturated heterocycles. The molecule has 0 bridgehead atoms. The number of piperidine rings is 1. The average molecular weight is 378 g/mol. The van der Waals surface area contributed by atoms with Crippen molar-refractivity contribution in [2.45, 2.75) is 37.8 Å². The van der Waals surface area contributed by atoms with Gasteiger partial charge < -0.3 is 9.64 Å². The number of carbonyl (C=O) groups excluding carboxylic acids is 1. The summed E-state index contributed by atoms with van der Waals surface area (Å²) in [5.74, 6) is -3.54. The molecule has 0 unspecified atom stereocenters. The van der Waals surface area contributed by atoms with Gasteiger partial charge in [-0.1, -0.05) is 6.07 Å². The number of rotatable bonds is 4. The maximum absolute atomic E-state index is 12.9. The van der Waals surface area contributed by atoms with Gasteiger partial charge in [0.25, 0.3) is 0 Å². The molecule has 2 aliphatic rings. The number of likely N-dealkylation sites (tertiary alicyclic amines) is 1. The van der Waals surface area contributed by atoms with E-state index in [1.165, 1.54) is 12.1 Å². The Hall–Kier alpha value is -1.93. The number of alkyl halides is 5. The fourth-order valence-corrected chi connectivity index (χ4v) is 3.27. The smallest absolute Gasteiger partial charge is 0.433 e. The van der Waals surface area contributed by atoms with Gasteiger partial charge in [0.2, 0.25) is 17.7 Å². The lowest BCUT2D eigenvalue weighted by Gasteiger charge is -2.39. The maximum Gasteiger partial charge on any atom is 0.433 e. The van der Waals surface area contributed by atoms with Gasteiger partial charge in [-0.15, -0.1) is 0 Å². The predicted octanol–water partition coefficient (Wildman–Crippen LogP) is 3.76. The molecule has 0 atom stereocenters. The van der Waals surface area contributed by atoms with E-state index < -0.39 is 23.7 Å². The first kappa shape index (κ1) is 18.8. The molecular formula is C17H19F5N2O2. The molecule has 2 fully saturated rings. The van der Waals surface area contributed by atoms with Crippen LogP contribution in [0, 0.1) is 11.8 Å². The van der Waals surface area contributed by atoms with Crippen molar-refractivity contribution in [3.8, 4) is 5.88 Å². The third kappa shape index (κ3) is 4.42. The van der Waals surface area contributed by atoms with Crippen LogP contribution in [0.4, 0.5) is 22.0 Å². The quantitative estimate of drug-likeness (QED) is 0.750. The Labute approximate surface area is 147 Å². The highest BCUT2D eigenvalue weighted by Gasteiger charge is 2.49. The molecule has 26 heavy (non-hydrogen) atoms. The van der Waals surface area contributed by atoms with Crippen LogP contribution in [0.5, 0.6) is 5.88 Å². The van der Waals surface area contributed by atoms with Crippen LogP contribution in [0.25, 0.3) is 0 Å². The third-order valence-corrected chi connectivity index (χ3v) is 4.85. The Morgan fingerprint density at radius 2 is 1.88 bits per heavy atom. The van der Waals surface area contributed by atoms with Crippen molar-refractivity contribution < 1.29 is 31.5 Å². The van der Waals surface area contributed by atoms with E-state index in [9.17, 15) is 26.7 Å². The molecule has 1 amide bonds. The van der Waals surface area contributed by atoms with Gasteiger partial charge >= 0.3 is 6.18 Å². The lowest BCUT2D eigenvalue weighted by atomic mass is 9.80. The van der Waals surface area contributed by atoms with Gasteiger partial charge in [0, 0.05) is 37.9 Å². The molecule has 0 radical (unpaired) electrons. The molecule has 0 aromatic carbocycles. The van der Waals surface area contributed by atoms with Crippen molar-refractivity contribution in [1.82, 2.24) is 9.88 Å². The summed E-state index contributed by atoms with van der Waals surface area (Å²) in [5.41, 5.74) is -1.01. The Bertz CT molecular complexity index is 649. The highest BCUT2D eigenvalue weighted by Crippen LogP contribution is 2.43. The molecule has 0 N–H and O–H groups in total. The second-order valence-corrected chi connectivity index (χ2v) is 6.90. The summed E-state index contributed by atoms with van der Waals surface area (Å²) in [6.07, 6.45) is -4.04. The average Bonchev–Trinajstić information content (AvgIpc) is 2.57. The van der Waals surface area contributed by atoms with Gasteiger partial charge in [-0.3, -0.25) is 4.79 Å². The lowest BCUT2D eigenvalue weighted by Crippen LogP contribution is -2.49. The largest absolute Gasteiger partial charge is 0.477 e. The van der Waals surface area contributed by atoms with E-state index >= 15 is 0 Å². The van der Waals surface area contributed by atoms with Gasteiger partial charge in [-0.05, 0) is 24.8 Å². The van der Waals surface area contributed by atoms with Gasteiger partial charge in [0.15, 0.2) is 0 Å². The topological polar surface area (TPSA) is 42.4 Å². The summed E-state index contributed by atoms with van der Waals surface area (Å²) in [6, 6.07) is 3.48. The summed E-state index contributed by atoms with van der Waals surface area (Å²) >= 11 is 0. The molecule has 2 heterocycles. The van der Waals surface area contributed by atoms with Crippen LogP contribution >= 0.6 is 0 Å². The number of hydrogen-bond acceptors (Lipinski definition) is 3. The van der Waals surface area contributed by atoms with Crippen molar-refractivity contribution in [1.29, 1.82) is 0 Å². The van der Waals surface area contributed by atoms with Crippen LogP contribution < -0.4 is 4.74 Å². The van der Waals surface area contributed by atoms with Gasteiger partial charge in [0.1, 0.15) is 5.69 Å². The van der Waals surface area contributed by atoms with Gasteiger partial charge in [-0.25, -0.2) is 13.8 Å². The minimum absolute atomic E-state index is 0.0817. The van der Waals surface area contributed by atoms with Crippen molar-refractivity contribution in [3.63, 3.8) is 0 Å². The first-order valence-electron chi connectivity index (χ1n) is 8.48. The molecular weight excluding hydrogens is 359 g/mol. The van der Waals surface area contributed by atoms with Gasteiger partial charge in [-0.2, -0.15) is 13.2 Å². The number of hydrogen-bond donors (Lipinski definition) is 0. The first-order chi connectivity index (χ1) is 12.1. The molecule has 3 rings (SSSR count). The molecule has 0 spiro atoms. The molecule has 1 saturated carbocycles. The van der Waals surface area contributed by atoms with Crippen molar-refractivity contribution in [3.05, 3.63) is 23.9 Å². The summed E-state index contributed by atoms with van der Waals surface area (Å²) < 4.78 is 69.0. The fourth-order valence-electron chi connectivity index (χ4n) is 3.27. The van der Waals surface area contributed by atoms with E-state index in [-0.39, 0.29) is 37.2 Å². The van der Waals surface area contributed by atoms with E-state index in [2.05, 4.69) is 4.98 Å². The van der Waals surface area contributed by atoms with Crippen LogP contribution in [0.15, 0.2) is 18.2 Å². The number of pyridine rings is 1. The zero-order valence-electron chi connectivity index (χ0n) is 13.9. The van der Waals surface area contributed by atoms with E-state index in [1.54, 1.807) is 4.90 Å². The van der Waals surface area contributed by atoms with E-state index in [1.807, 2.05) is 0 Å². The van der Waals surface area contributed by atoms with Crippen LogP contribution in [0.1, 0.15) is 31.4 Å². The Morgan fingerprint density at radius 3 is 2.46 bits per heavy atom. The van der Waals surface area contributed by atoms with Crippen LogP contribution in [-0.2, 0) is 11.0 Å². The zero-order valence-corrected chi connectivity index (χ0v) is 13.9. The van der Waals surface area contributed by atoms with E-state index in [4.69, 9.17) is 4.74 Å². The SMILES string of the molecule is O=C(C1CC(F)(F)C1)N1CCC(COc2cccc(C(F)(F)F)n2)CC1. The fraction of sp³-hybridized carbons (Fsp3) is 0.647. The summed E-state index contributed by atoms with van der Waals surface area (Å²) in [4.78, 5) is 17.2. The second-order valence-electron chi connectivity index (χ2n) is 6.90. The number of aromatic nitrogens is 1. The molecule has 144 valence electrons. The normalized spacial score (nSPS) is 21.3. The first-order valence-corrected chi connectivity index (χ1v) is 8.48. The molecule has 9 heteroatoms. The molecule has 1 aromatic heterocycles. The zero-order chi connectivity index (χ0) is 18.9. The second kappa shape index (κ2) is 7.00. The Balaban J connectivity index is 1.44. The number of nitrogens with zero attached hydrogens (tertiary/aromatic N) is 2. The van der Waals surface area contributed by atoms with Crippen molar-refractivity contribution in [2.75, 3.05) is 19.7 Å². The van der Waals surface area contributed by atoms with Crippen molar-refractivity contribution >= 4 is 5.91 Å². The highest BCUT2D eigenvalue weighted by molar-refractivity contribution is 5.80. The number of carbonyl (C=O) groups is 1. The lowest BCUT2D eigenvalue weighted by molar-refractivity contribution is -0.161. The Kier molecular flexibility index (Phi) is 5.07.